The normalized spacial score (nSPS) is 12.0. The van der Waals surface area contributed by atoms with Gasteiger partial charge in [0.1, 0.15) is 5.65 Å². The first kappa shape index (κ1) is 17.5. The molecule has 3 rings (SSSR count). The van der Waals surface area contributed by atoms with Crippen LogP contribution in [-0.4, -0.2) is 20.7 Å². The second kappa shape index (κ2) is 7.74. The Morgan fingerprint density at radius 3 is 2.88 bits per heavy atom. The van der Waals surface area contributed by atoms with Gasteiger partial charge in [0.05, 0.1) is 22.8 Å². The van der Waals surface area contributed by atoms with Crippen molar-refractivity contribution in [3.8, 4) is 11.3 Å². The molecule has 3 aromatic heterocycles. The number of nitrogens with zero attached hydrogens (tertiary/aromatic N) is 3. The average Bonchev–Trinajstić information content (AvgIpc) is 3.10. The first-order valence-corrected chi connectivity index (χ1v) is 8.62. The lowest BCUT2D eigenvalue weighted by Crippen LogP contribution is -1.97. The molecule has 0 aliphatic heterocycles. The number of hydrogen-bond acceptors (Lipinski definition) is 3. The minimum Gasteiger partial charge on any atom is -0.338 e. The third-order valence-electron chi connectivity index (χ3n) is 4.03. The van der Waals surface area contributed by atoms with Crippen LogP contribution < -0.4 is 0 Å². The van der Waals surface area contributed by atoms with Gasteiger partial charge in [-0.15, -0.1) is 0 Å². The quantitative estimate of drug-likeness (QED) is 0.596. The van der Waals surface area contributed by atoms with Crippen molar-refractivity contribution in [3.05, 3.63) is 78.9 Å². The highest BCUT2D eigenvalue weighted by atomic mass is 14.9. The number of aliphatic imine (C=N–C) groups is 1. The van der Waals surface area contributed by atoms with Crippen LogP contribution >= 0.6 is 0 Å². The van der Waals surface area contributed by atoms with Gasteiger partial charge in [0.25, 0.3) is 0 Å². The van der Waals surface area contributed by atoms with Crippen molar-refractivity contribution >= 4 is 22.8 Å². The van der Waals surface area contributed by atoms with Gasteiger partial charge >= 0.3 is 0 Å². The summed E-state index contributed by atoms with van der Waals surface area (Å²) < 4.78 is 0. The molecule has 0 bridgehead atoms. The predicted molar refractivity (Wildman–Crippen MR) is 110 cm³/mol. The largest absolute Gasteiger partial charge is 0.338 e. The fraction of sp³-hybridized carbons (Fsp3) is 0.136. The van der Waals surface area contributed by atoms with Crippen LogP contribution in [0, 0.1) is 0 Å². The van der Waals surface area contributed by atoms with Crippen molar-refractivity contribution in [1.29, 1.82) is 0 Å². The Kier molecular flexibility index (Phi) is 5.23. The Morgan fingerprint density at radius 2 is 2.15 bits per heavy atom. The summed E-state index contributed by atoms with van der Waals surface area (Å²) in [6.07, 6.45) is 8.33. The molecule has 26 heavy (non-hydrogen) atoms. The van der Waals surface area contributed by atoms with E-state index >= 15 is 0 Å². The minimum atomic E-state index is 0.814. The number of hydrogen-bond donors (Lipinski definition) is 1. The summed E-state index contributed by atoms with van der Waals surface area (Å²) in [5.74, 6) is 0. The van der Waals surface area contributed by atoms with E-state index in [1.807, 2.05) is 50.4 Å². The Hall–Kier alpha value is -3.27. The van der Waals surface area contributed by atoms with E-state index in [4.69, 9.17) is 0 Å². The summed E-state index contributed by atoms with van der Waals surface area (Å²) in [6, 6.07) is 10.0. The lowest BCUT2D eigenvalue weighted by atomic mass is 10.1. The molecule has 0 aliphatic carbocycles. The van der Waals surface area contributed by atoms with E-state index in [0.29, 0.717) is 0 Å². The summed E-state index contributed by atoms with van der Waals surface area (Å²) in [7, 11) is 0. The van der Waals surface area contributed by atoms with E-state index in [1.54, 1.807) is 6.08 Å². The van der Waals surface area contributed by atoms with E-state index in [9.17, 15) is 0 Å². The smallest absolute Gasteiger partial charge is 0.137 e. The number of aromatic amines is 1. The number of nitrogens with one attached hydrogen (secondary N) is 1. The average molecular weight is 342 g/mol. The molecule has 4 heteroatoms. The molecule has 0 saturated heterocycles. The molecule has 0 aliphatic rings. The molecular formula is C22H22N4. The van der Waals surface area contributed by atoms with E-state index < -0.39 is 0 Å². The fourth-order valence-electron chi connectivity index (χ4n) is 2.61. The lowest BCUT2D eigenvalue weighted by Gasteiger charge is -2.01. The standard InChI is InChI=1S/C22H22N4/c1-5-9-20(24-15(4)6-2)21-13-16-12-17(14-23-22(16)26-21)19-11-8-10-18(7-3)25-19/h5,7-14H,3-4,6H2,1-2H3,(H,23,26)/b9-5-,24-20?. The number of rotatable bonds is 6. The van der Waals surface area contributed by atoms with Crippen LogP contribution in [0.4, 0.5) is 0 Å². The second-order valence-corrected chi connectivity index (χ2v) is 5.91. The van der Waals surface area contributed by atoms with E-state index in [0.717, 1.165) is 51.5 Å². The number of H-pyrrole nitrogens is 1. The van der Waals surface area contributed by atoms with E-state index in [1.165, 1.54) is 0 Å². The monoisotopic (exact) mass is 342 g/mol. The van der Waals surface area contributed by atoms with Gasteiger partial charge in [-0.3, -0.25) is 4.99 Å². The number of fused-ring (bicyclic) bond motifs is 1. The molecule has 0 aromatic carbocycles. The van der Waals surface area contributed by atoms with Gasteiger partial charge in [-0.05, 0) is 49.8 Å². The first-order chi connectivity index (χ1) is 12.6. The third kappa shape index (κ3) is 3.70. The highest BCUT2D eigenvalue weighted by Gasteiger charge is 2.09. The van der Waals surface area contributed by atoms with Crippen molar-refractivity contribution in [2.75, 3.05) is 0 Å². The molecule has 3 aromatic rings. The van der Waals surface area contributed by atoms with Crippen LogP contribution in [0.1, 0.15) is 31.7 Å². The number of aromatic nitrogens is 3. The number of allylic oxidation sites excluding steroid dienone is 3. The predicted octanol–water partition coefficient (Wildman–Crippen LogP) is 5.56. The van der Waals surface area contributed by atoms with Crippen molar-refractivity contribution in [1.82, 2.24) is 15.0 Å². The van der Waals surface area contributed by atoms with Gasteiger partial charge in [0, 0.05) is 22.8 Å². The molecule has 0 saturated carbocycles. The molecule has 1 N–H and O–H groups in total. The molecule has 0 atom stereocenters. The van der Waals surface area contributed by atoms with Crippen molar-refractivity contribution in [2.24, 2.45) is 4.99 Å². The zero-order chi connectivity index (χ0) is 18.5. The Labute approximate surface area is 153 Å². The SMILES string of the molecule is C=Cc1cccc(-c2cnc3[nH]c(C(/C=C\C)=NC(=C)CC)cc3c2)n1. The van der Waals surface area contributed by atoms with Crippen molar-refractivity contribution in [2.45, 2.75) is 20.3 Å². The molecule has 0 spiro atoms. The van der Waals surface area contributed by atoms with Crippen LogP contribution in [-0.2, 0) is 0 Å². The summed E-state index contributed by atoms with van der Waals surface area (Å²) in [4.78, 5) is 17.1. The molecule has 0 unspecified atom stereocenters. The maximum absolute atomic E-state index is 4.61. The molecular weight excluding hydrogens is 320 g/mol. The second-order valence-electron chi connectivity index (χ2n) is 5.91. The summed E-state index contributed by atoms with van der Waals surface area (Å²) in [5.41, 5.74) is 6.13. The van der Waals surface area contributed by atoms with Gasteiger partial charge < -0.3 is 4.98 Å². The van der Waals surface area contributed by atoms with Crippen molar-refractivity contribution in [3.63, 3.8) is 0 Å². The fourth-order valence-corrected chi connectivity index (χ4v) is 2.61. The van der Waals surface area contributed by atoms with Gasteiger partial charge in [-0.2, -0.15) is 0 Å². The Morgan fingerprint density at radius 1 is 1.31 bits per heavy atom. The van der Waals surface area contributed by atoms with Crippen LogP contribution in [0.25, 0.3) is 28.4 Å². The summed E-state index contributed by atoms with van der Waals surface area (Å²) >= 11 is 0. The van der Waals surface area contributed by atoms with Gasteiger partial charge in [-0.25, -0.2) is 9.97 Å². The highest BCUT2D eigenvalue weighted by Crippen LogP contribution is 2.23. The number of pyridine rings is 2. The summed E-state index contributed by atoms with van der Waals surface area (Å²) in [5, 5.41) is 1.02. The maximum Gasteiger partial charge on any atom is 0.137 e. The van der Waals surface area contributed by atoms with Crippen LogP contribution in [0.5, 0.6) is 0 Å². The van der Waals surface area contributed by atoms with Crippen LogP contribution in [0.15, 0.2) is 72.5 Å². The molecule has 130 valence electrons. The topological polar surface area (TPSA) is 53.9 Å². The Balaban J connectivity index is 2.05. The van der Waals surface area contributed by atoms with Gasteiger partial charge in [0.15, 0.2) is 0 Å². The molecule has 4 nitrogen and oxygen atoms in total. The molecule has 3 heterocycles. The summed E-state index contributed by atoms with van der Waals surface area (Å²) in [6.45, 7) is 11.8. The minimum absolute atomic E-state index is 0.814. The van der Waals surface area contributed by atoms with Crippen molar-refractivity contribution < 1.29 is 0 Å². The molecule has 0 radical (unpaired) electrons. The van der Waals surface area contributed by atoms with E-state index in [-0.39, 0.29) is 0 Å². The maximum atomic E-state index is 4.61. The first-order valence-electron chi connectivity index (χ1n) is 8.62. The van der Waals surface area contributed by atoms with Gasteiger partial charge in [-0.1, -0.05) is 32.2 Å². The highest BCUT2D eigenvalue weighted by molar-refractivity contribution is 6.10. The molecule has 0 amide bonds. The zero-order valence-electron chi connectivity index (χ0n) is 15.2. The van der Waals surface area contributed by atoms with E-state index in [2.05, 4.69) is 45.2 Å². The van der Waals surface area contributed by atoms with Gasteiger partial charge in [0.2, 0.25) is 0 Å². The zero-order valence-corrected chi connectivity index (χ0v) is 15.2. The molecule has 0 fully saturated rings. The van der Waals surface area contributed by atoms with Crippen LogP contribution in [0.3, 0.4) is 0 Å². The Bertz CT molecular complexity index is 1020. The lowest BCUT2D eigenvalue weighted by molar-refractivity contribution is 1.08. The third-order valence-corrected chi connectivity index (χ3v) is 4.03. The van der Waals surface area contributed by atoms with Crippen LogP contribution in [0.2, 0.25) is 0 Å².